The SMILES string of the molecule is O=C(Nc1ccc(NC(=O)C2CCCN2)cc1Cl)c1ccco1. The highest BCUT2D eigenvalue weighted by Gasteiger charge is 2.22. The van der Waals surface area contributed by atoms with Gasteiger partial charge in [0.15, 0.2) is 5.76 Å². The van der Waals surface area contributed by atoms with E-state index in [4.69, 9.17) is 16.0 Å². The van der Waals surface area contributed by atoms with Crippen LogP contribution in [0.25, 0.3) is 0 Å². The van der Waals surface area contributed by atoms with Crippen LogP contribution in [0.4, 0.5) is 11.4 Å². The van der Waals surface area contributed by atoms with Gasteiger partial charge >= 0.3 is 0 Å². The van der Waals surface area contributed by atoms with Crippen LogP contribution in [0.2, 0.25) is 5.02 Å². The summed E-state index contributed by atoms with van der Waals surface area (Å²) in [6, 6.07) is 7.97. The Hall–Kier alpha value is -2.31. The van der Waals surface area contributed by atoms with E-state index in [0.717, 1.165) is 19.4 Å². The first-order valence-electron chi connectivity index (χ1n) is 7.32. The molecule has 0 saturated carbocycles. The largest absolute Gasteiger partial charge is 0.459 e. The van der Waals surface area contributed by atoms with Gasteiger partial charge in [-0.15, -0.1) is 0 Å². The zero-order valence-electron chi connectivity index (χ0n) is 12.3. The minimum atomic E-state index is -0.385. The maximum Gasteiger partial charge on any atom is 0.291 e. The predicted octanol–water partition coefficient (Wildman–Crippen LogP) is 2.88. The zero-order chi connectivity index (χ0) is 16.2. The van der Waals surface area contributed by atoms with E-state index >= 15 is 0 Å². The summed E-state index contributed by atoms with van der Waals surface area (Å²) in [6.45, 7) is 0.858. The van der Waals surface area contributed by atoms with Crippen molar-refractivity contribution in [1.29, 1.82) is 0 Å². The Morgan fingerprint density at radius 2 is 2.13 bits per heavy atom. The quantitative estimate of drug-likeness (QED) is 0.803. The molecule has 1 aliphatic rings. The fourth-order valence-electron chi connectivity index (χ4n) is 2.42. The summed E-state index contributed by atoms with van der Waals surface area (Å²) in [5, 5.41) is 8.94. The first kappa shape index (κ1) is 15.6. The molecule has 0 radical (unpaired) electrons. The molecule has 6 nitrogen and oxygen atoms in total. The van der Waals surface area contributed by atoms with E-state index in [0.29, 0.717) is 16.4 Å². The number of anilines is 2. The predicted molar refractivity (Wildman–Crippen MR) is 87.8 cm³/mol. The van der Waals surface area contributed by atoms with Crippen molar-refractivity contribution < 1.29 is 14.0 Å². The number of rotatable bonds is 4. The molecule has 2 amide bonds. The highest BCUT2D eigenvalue weighted by Crippen LogP contribution is 2.26. The first-order valence-corrected chi connectivity index (χ1v) is 7.70. The summed E-state index contributed by atoms with van der Waals surface area (Å²) in [4.78, 5) is 24.0. The Kier molecular flexibility index (Phi) is 4.64. The normalized spacial score (nSPS) is 17.0. The lowest BCUT2D eigenvalue weighted by molar-refractivity contribution is -0.117. The third-order valence-corrected chi connectivity index (χ3v) is 3.92. The number of hydrogen-bond acceptors (Lipinski definition) is 4. The summed E-state index contributed by atoms with van der Waals surface area (Å²) in [5.74, 6) is -0.263. The van der Waals surface area contributed by atoms with E-state index in [9.17, 15) is 9.59 Å². The molecular formula is C16H16ClN3O3. The summed E-state index contributed by atoms with van der Waals surface area (Å²) in [7, 11) is 0. The number of carbonyl (C=O) groups is 2. The molecule has 1 aromatic carbocycles. The molecule has 0 bridgehead atoms. The van der Waals surface area contributed by atoms with Gasteiger partial charge < -0.3 is 20.4 Å². The third kappa shape index (κ3) is 3.72. The van der Waals surface area contributed by atoms with E-state index in [1.165, 1.54) is 6.26 Å². The molecule has 2 heterocycles. The van der Waals surface area contributed by atoms with Crippen LogP contribution in [0.5, 0.6) is 0 Å². The van der Waals surface area contributed by atoms with E-state index in [2.05, 4.69) is 16.0 Å². The number of benzene rings is 1. The number of nitrogens with one attached hydrogen (secondary N) is 3. The third-order valence-electron chi connectivity index (χ3n) is 3.61. The van der Waals surface area contributed by atoms with Crippen LogP contribution in [0.3, 0.4) is 0 Å². The topological polar surface area (TPSA) is 83.4 Å². The van der Waals surface area contributed by atoms with Crippen LogP contribution in [-0.2, 0) is 4.79 Å². The molecule has 1 aliphatic heterocycles. The Morgan fingerprint density at radius 3 is 2.78 bits per heavy atom. The van der Waals surface area contributed by atoms with Gasteiger partial charge in [0.2, 0.25) is 5.91 Å². The van der Waals surface area contributed by atoms with Crippen molar-refractivity contribution >= 4 is 34.8 Å². The van der Waals surface area contributed by atoms with Crippen molar-refractivity contribution in [3.8, 4) is 0 Å². The van der Waals surface area contributed by atoms with Gasteiger partial charge in [0.1, 0.15) is 0 Å². The molecular weight excluding hydrogens is 318 g/mol. The lowest BCUT2D eigenvalue weighted by atomic mass is 10.2. The lowest BCUT2D eigenvalue weighted by Gasteiger charge is -2.12. The van der Waals surface area contributed by atoms with Crippen LogP contribution < -0.4 is 16.0 Å². The summed E-state index contributed by atoms with van der Waals surface area (Å²) in [5.41, 5.74) is 1.04. The second-order valence-electron chi connectivity index (χ2n) is 5.26. The van der Waals surface area contributed by atoms with Crippen molar-refractivity contribution in [2.24, 2.45) is 0 Å². The van der Waals surface area contributed by atoms with Crippen LogP contribution in [0, 0.1) is 0 Å². The van der Waals surface area contributed by atoms with Gasteiger partial charge in [0, 0.05) is 5.69 Å². The van der Waals surface area contributed by atoms with Crippen LogP contribution in [0.1, 0.15) is 23.4 Å². The van der Waals surface area contributed by atoms with Gasteiger partial charge in [0.05, 0.1) is 23.0 Å². The van der Waals surface area contributed by atoms with Gasteiger partial charge in [-0.2, -0.15) is 0 Å². The van der Waals surface area contributed by atoms with E-state index < -0.39 is 0 Å². The average molecular weight is 334 g/mol. The van der Waals surface area contributed by atoms with E-state index in [1.54, 1.807) is 30.3 Å². The summed E-state index contributed by atoms with van der Waals surface area (Å²) >= 11 is 6.17. The molecule has 23 heavy (non-hydrogen) atoms. The van der Waals surface area contributed by atoms with Gasteiger partial charge in [-0.3, -0.25) is 9.59 Å². The summed E-state index contributed by atoms with van der Waals surface area (Å²) < 4.78 is 5.02. The monoisotopic (exact) mass is 333 g/mol. The molecule has 3 N–H and O–H groups in total. The van der Waals surface area contributed by atoms with Crippen LogP contribution in [0.15, 0.2) is 41.0 Å². The highest BCUT2D eigenvalue weighted by atomic mass is 35.5. The molecule has 0 aliphatic carbocycles. The maximum atomic E-state index is 12.0. The minimum Gasteiger partial charge on any atom is -0.459 e. The molecule has 1 aromatic heterocycles. The smallest absolute Gasteiger partial charge is 0.291 e. The highest BCUT2D eigenvalue weighted by molar-refractivity contribution is 6.34. The fraction of sp³-hybridized carbons (Fsp3) is 0.250. The van der Waals surface area contributed by atoms with E-state index in [-0.39, 0.29) is 23.6 Å². The van der Waals surface area contributed by atoms with Gasteiger partial charge in [-0.25, -0.2) is 0 Å². The van der Waals surface area contributed by atoms with Gasteiger partial charge in [-0.05, 0) is 49.7 Å². The molecule has 1 unspecified atom stereocenters. The van der Waals surface area contributed by atoms with Gasteiger partial charge in [-0.1, -0.05) is 11.6 Å². The van der Waals surface area contributed by atoms with E-state index in [1.807, 2.05) is 0 Å². The summed E-state index contributed by atoms with van der Waals surface area (Å²) in [6.07, 6.45) is 3.25. The zero-order valence-corrected chi connectivity index (χ0v) is 13.0. The van der Waals surface area contributed by atoms with Crippen molar-refractivity contribution in [1.82, 2.24) is 5.32 Å². The average Bonchev–Trinajstić information content (AvgIpc) is 3.23. The Morgan fingerprint density at radius 1 is 1.26 bits per heavy atom. The van der Waals surface area contributed by atoms with Crippen molar-refractivity contribution in [2.45, 2.75) is 18.9 Å². The lowest BCUT2D eigenvalue weighted by Crippen LogP contribution is -2.35. The molecule has 1 fully saturated rings. The number of halogens is 1. The second kappa shape index (κ2) is 6.85. The molecule has 3 rings (SSSR count). The number of amides is 2. The number of furan rings is 1. The molecule has 2 aromatic rings. The van der Waals surface area contributed by atoms with Gasteiger partial charge in [0.25, 0.3) is 5.91 Å². The number of carbonyl (C=O) groups excluding carboxylic acids is 2. The Balaban J connectivity index is 1.65. The maximum absolute atomic E-state index is 12.0. The molecule has 0 spiro atoms. The fourth-order valence-corrected chi connectivity index (χ4v) is 2.65. The van der Waals surface area contributed by atoms with Crippen LogP contribution in [-0.4, -0.2) is 24.4 Å². The molecule has 1 saturated heterocycles. The van der Waals surface area contributed by atoms with Crippen LogP contribution >= 0.6 is 11.6 Å². The molecule has 1 atom stereocenters. The molecule has 7 heteroatoms. The minimum absolute atomic E-state index is 0.0778. The number of hydrogen-bond donors (Lipinski definition) is 3. The Labute approximate surface area is 138 Å². The van der Waals surface area contributed by atoms with Crippen molar-refractivity contribution in [3.05, 3.63) is 47.4 Å². The standard InChI is InChI=1S/C16H16ClN3O3/c17-11-9-10(19-15(21)13-3-1-7-18-13)5-6-12(11)20-16(22)14-4-2-8-23-14/h2,4-6,8-9,13,18H,1,3,7H2,(H,19,21)(H,20,22). The second-order valence-corrected chi connectivity index (χ2v) is 5.67. The van der Waals surface area contributed by atoms with Crippen molar-refractivity contribution in [2.75, 3.05) is 17.2 Å². The first-order chi connectivity index (χ1) is 11.1. The molecule has 120 valence electrons. The van der Waals surface area contributed by atoms with Crippen molar-refractivity contribution in [3.63, 3.8) is 0 Å². The Bertz CT molecular complexity index is 709.